The van der Waals surface area contributed by atoms with Crippen LogP contribution in [0.25, 0.3) is 0 Å². The van der Waals surface area contributed by atoms with Crippen molar-refractivity contribution in [2.75, 3.05) is 37.2 Å². The Hall–Kier alpha value is -1.93. The second-order valence-corrected chi connectivity index (χ2v) is 8.21. The average molecular weight is 367 g/mol. The molecule has 0 aromatic heterocycles. The second-order valence-electron chi connectivity index (χ2n) is 6.12. The van der Waals surface area contributed by atoms with Gasteiger partial charge in [-0.05, 0) is 31.0 Å². The van der Waals surface area contributed by atoms with Gasteiger partial charge in [-0.15, -0.1) is 0 Å². The molecule has 1 N–H and O–H groups in total. The maximum atomic E-state index is 12.7. The van der Waals surface area contributed by atoms with E-state index in [1.165, 1.54) is 11.2 Å². The summed E-state index contributed by atoms with van der Waals surface area (Å²) in [5, 5.41) is 2.66. The van der Waals surface area contributed by atoms with Crippen LogP contribution in [0.1, 0.15) is 37.0 Å². The largest absolute Gasteiger partial charge is 0.337 e. The van der Waals surface area contributed by atoms with Crippen LogP contribution in [0.2, 0.25) is 0 Å². The maximum absolute atomic E-state index is 12.7. The number of nitrogens with one attached hydrogen (secondary N) is 1. The fraction of sp³-hybridized carbons (Fsp3) is 0.529. The van der Waals surface area contributed by atoms with Crippen LogP contribution < -0.4 is 5.32 Å². The van der Waals surface area contributed by atoms with Crippen LogP contribution in [-0.2, 0) is 14.8 Å². The van der Waals surface area contributed by atoms with Gasteiger partial charge < -0.3 is 10.2 Å². The Labute approximate surface area is 149 Å². The number of hydrogen-bond acceptors (Lipinski definition) is 4. The highest BCUT2D eigenvalue weighted by Gasteiger charge is 2.26. The molecule has 0 spiro atoms. The Kier molecular flexibility index (Phi) is 6.55. The molecule has 2 amide bonds. The summed E-state index contributed by atoms with van der Waals surface area (Å²) in [5.41, 5.74) is 1.05. The summed E-state index contributed by atoms with van der Waals surface area (Å²) in [6.45, 7) is 4.90. The van der Waals surface area contributed by atoms with Crippen LogP contribution >= 0.6 is 0 Å². The SMILES string of the molecule is CCCS(=O)(=O)N1CCCN(C(=O)c2cccc(NC(C)=O)c2)CC1. The van der Waals surface area contributed by atoms with Gasteiger partial charge in [0.05, 0.1) is 5.75 Å². The fourth-order valence-electron chi connectivity index (χ4n) is 2.88. The molecular weight excluding hydrogens is 342 g/mol. The summed E-state index contributed by atoms with van der Waals surface area (Å²) in [7, 11) is -3.24. The van der Waals surface area contributed by atoms with E-state index < -0.39 is 10.0 Å². The molecule has 0 unspecified atom stereocenters. The highest BCUT2D eigenvalue weighted by atomic mass is 32.2. The Balaban J connectivity index is 2.07. The van der Waals surface area contributed by atoms with Crippen molar-refractivity contribution in [1.82, 2.24) is 9.21 Å². The van der Waals surface area contributed by atoms with Gasteiger partial charge in [-0.3, -0.25) is 9.59 Å². The van der Waals surface area contributed by atoms with Gasteiger partial charge in [0.2, 0.25) is 15.9 Å². The molecule has 8 heteroatoms. The summed E-state index contributed by atoms with van der Waals surface area (Å²) in [6.07, 6.45) is 1.19. The van der Waals surface area contributed by atoms with E-state index in [0.717, 1.165) is 0 Å². The average Bonchev–Trinajstić information content (AvgIpc) is 2.80. The first-order valence-corrected chi connectivity index (χ1v) is 10.1. The van der Waals surface area contributed by atoms with E-state index in [0.29, 0.717) is 50.3 Å². The minimum absolute atomic E-state index is 0.139. The van der Waals surface area contributed by atoms with Crippen LogP contribution in [0.3, 0.4) is 0 Å². The number of nitrogens with zero attached hydrogens (tertiary/aromatic N) is 2. The summed E-state index contributed by atoms with van der Waals surface area (Å²) < 4.78 is 25.9. The molecule has 138 valence electrons. The third-order valence-corrected chi connectivity index (χ3v) is 6.10. The minimum atomic E-state index is -3.24. The lowest BCUT2D eigenvalue weighted by atomic mass is 10.1. The molecule has 0 radical (unpaired) electrons. The molecule has 1 saturated heterocycles. The van der Waals surface area contributed by atoms with E-state index in [1.807, 2.05) is 6.92 Å². The quantitative estimate of drug-likeness (QED) is 0.855. The smallest absolute Gasteiger partial charge is 0.253 e. The molecule has 0 atom stereocenters. The molecule has 1 aromatic carbocycles. The van der Waals surface area contributed by atoms with Crippen LogP contribution in [0, 0.1) is 0 Å². The first-order valence-electron chi connectivity index (χ1n) is 8.48. The lowest BCUT2D eigenvalue weighted by Crippen LogP contribution is -2.38. The zero-order valence-electron chi connectivity index (χ0n) is 14.7. The Morgan fingerprint density at radius 3 is 2.60 bits per heavy atom. The van der Waals surface area contributed by atoms with Gasteiger partial charge in [-0.25, -0.2) is 12.7 Å². The van der Waals surface area contributed by atoms with Crippen molar-refractivity contribution in [3.05, 3.63) is 29.8 Å². The summed E-state index contributed by atoms with van der Waals surface area (Å²) in [5.74, 6) is -0.210. The van der Waals surface area contributed by atoms with Crippen LogP contribution in [-0.4, -0.2) is 61.4 Å². The Morgan fingerprint density at radius 2 is 1.92 bits per heavy atom. The number of rotatable bonds is 5. The van der Waals surface area contributed by atoms with Crippen LogP contribution in [0.4, 0.5) is 5.69 Å². The molecule has 1 aliphatic rings. The number of benzene rings is 1. The number of carbonyl (C=O) groups excluding carboxylic acids is 2. The van der Waals surface area contributed by atoms with Crippen LogP contribution in [0.5, 0.6) is 0 Å². The third kappa shape index (κ3) is 5.27. The van der Waals surface area contributed by atoms with Crippen molar-refractivity contribution in [3.8, 4) is 0 Å². The molecule has 1 fully saturated rings. The van der Waals surface area contributed by atoms with E-state index in [4.69, 9.17) is 0 Å². The van der Waals surface area contributed by atoms with E-state index in [-0.39, 0.29) is 17.6 Å². The standard InChI is InChI=1S/C17H25N3O4S/c1-3-12-25(23,24)20-9-5-8-19(10-11-20)17(22)15-6-4-7-16(13-15)18-14(2)21/h4,6-7,13H,3,5,8-12H2,1-2H3,(H,18,21). The van der Waals surface area contributed by atoms with Crippen molar-refractivity contribution in [2.24, 2.45) is 0 Å². The highest BCUT2D eigenvalue weighted by molar-refractivity contribution is 7.89. The van der Waals surface area contributed by atoms with E-state index >= 15 is 0 Å². The monoisotopic (exact) mass is 367 g/mol. The van der Waals surface area contributed by atoms with Gasteiger partial charge >= 0.3 is 0 Å². The maximum Gasteiger partial charge on any atom is 0.253 e. The summed E-state index contributed by atoms with van der Waals surface area (Å²) >= 11 is 0. The number of carbonyl (C=O) groups is 2. The fourth-order valence-corrected chi connectivity index (χ4v) is 4.42. The van der Waals surface area contributed by atoms with Crippen LogP contribution in [0.15, 0.2) is 24.3 Å². The lowest BCUT2D eigenvalue weighted by molar-refractivity contribution is -0.114. The summed E-state index contributed by atoms with van der Waals surface area (Å²) in [6, 6.07) is 6.78. The van der Waals surface area contributed by atoms with Crippen molar-refractivity contribution < 1.29 is 18.0 Å². The molecule has 2 rings (SSSR count). The van der Waals surface area contributed by atoms with E-state index in [9.17, 15) is 18.0 Å². The molecule has 0 bridgehead atoms. The predicted molar refractivity (Wildman–Crippen MR) is 96.9 cm³/mol. The number of anilines is 1. The van der Waals surface area contributed by atoms with E-state index in [2.05, 4.69) is 5.32 Å². The van der Waals surface area contributed by atoms with Crippen molar-refractivity contribution in [3.63, 3.8) is 0 Å². The van der Waals surface area contributed by atoms with Gasteiger partial charge in [-0.2, -0.15) is 0 Å². The normalized spacial score (nSPS) is 16.3. The number of hydrogen-bond donors (Lipinski definition) is 1. The Morgan fingerprint density at radius 1 is 1.16 bits per heavy atom. The topological polar surface area (TPSA) is 86.8 Å². The first-order chi connectivity index (χ1) is 11.8. The molecule has 1 aromatic rings. The summed E-state index contributed by atoms with van der Waals surface area (Å²) in [4.78, 5) is 25.5. The molecule has 1 aliphatic heterocycles. The van der Waals surface area contributed by atoms with Crippen molar-refractivity contribution in [1.29, 1.82) is 0 Å². The molecular formula is C17H25N3O4S. The molecule has 0 aliphatic carbocycles. The zero-order valence-corrected chi connectivity index (χ0v) is 15.5. The Bertz CT molecular complexity index is 733. The zero-order chi connectivity index (χ0) is 18.4. The highest BCUT2D eigenvalue weighted by Crippen LogP contribution is 2.16. The second kappa shape index (κ2) is 8.44. The lowest BCUT2D eigenvalue weighted by Gasteiger charge is -2.22. The minimum Gasteiger partial charge on any atom is -0.337 e. The van der Waals surface area contributed by atoms with E-state index in [1.54, 1.807) is 29.2 Å². The van der Waals surface area contributed by atoms with Gasteiger partial charge in [0.25, 0.3) is 5.91 Å². The molecule has 0 saturated carbocycles. The van der Waals surface area contributed by atoms with Gasteiger partial charge in [0, 0.05) is 44.4 Å². The molecule has 25 heavy (non-hydrogen) atoms. The van der Waals surface area contributed by atoms with Gasteiger partial charge in [-0.1, -0.05) is 13.0 Å². The van der Waals surface area contributed by atoms with Gasteiger partial charge in [0.15, 0.2) is 0 Å². The predicted octanol–water partition coefficient (Wildman–Crippen LogP) is 1.53. The third-order valence-electron chi connectivity index (χ3n) is 4.03. The van der Waals surface area contributed by atoms with Crippen molar-refractivity contribution >= 4 is 27.5 Å². The molecule has 1 heterocycles. The van der Waals surface area contributed by atoms with Gasteiger partial charge in [0.1, 0.15) is 0 Å². The number of amides is 2. The number of sulfonamides is 1. The molecule has 7 nitrogen and oxygen atoms in total. The first kappa shape index (κ1) is 19.4. The van der Waals surface area contributed by atoms with Crippen molar-refractivity contribution in [2.45, 2.75) is 26.7 Å².